The average molecular weight is 383 g/mol. The van der Waals surface area contributed by atoms with Gasteiger partial charge in [0.25, 0.3) is 0 Å². The molecule has 0 spiro atoms. The molecule has 0 radical (unpaired) electrons. The number of para-hydroxylation sites is 2. The number of ether oxygens (including phenoxy) is 1. The molecule has 0 bridgehead atoms. The van der Waals surface area contributed by atoms with Crippen LogP contribution in [-0.2, 0) is 4.79 Å². The third-order valence-electron chi connectivity index (χ3n) is 3.14. The normalized spacial score (nSPS) is 10.9. The van der Waals surface area contributed by atoms with Gasteiger partial charge in [0.05, 0.1) is 5.69 Å². The van der Waals surface area contributed by atoms with Crippen molar-refractivity contribution in [3.8, 4) is 5.75 Å². The molecule has 2 rings (SSSR count). The maximum Gasteiger partial charge on any atom is 0.347 e. The first-order chi connectivity index (χ1) is 11.7. The number of hydrogen-bond acceptors (Lipinski definition) is 3. The van der Waals surface area contributed by atoms with Gasteiger partial charge in [-0.2, -0.15) is 0 Å². The summed E-state index contributed by atoms with van der Waals surface area (Å²) >= 11 is 11.8. The van der Waals surface area contributed by atoms with Crippen LogP contribution in [0.5, 0.6) is 5.75 Å². The second-order valence-electron chi connectivity index (χ2n) is 5.65. The Kier molecular flexibility index (Phi) is 5.77. The van der Waals surface area contributed by atoms with Crippen LogP contribution in [0.4, 0.5) is 16.2 Å². The SMILES string of the molecule is CC(C)(Oc1ccccc1NC(=O)Nc1cc(Cl)cc(Cl)c1)C(=O)O. The highest BCUT2D eigenvalue weighted by Gasteiger charge is 2.30. The van der Waals surface area contributed by atoms with Crippen molar-refractivity contribution < 1.29 is 19.4 Å². The molecule has 0 aromatic heterocycles. The Hall–Kier alpha value is -2.44. The molecule has 2 amide bonds. The number of nitrogens with one attached hydrogen (secondary N) is 2. The van der Waals surface area contributed by atoms with Crippen molar-refractivity contribution in [3.05, 3.63) is 52.5 Å². The van der Waals surface area contributed by atoms with Crippen molar-refractivity contribution in [1.29, 1.82) is 0 Å². The summed E-state index contributed by atoms with van der Waals surface area (Å²) in [4.78, 5) is 23.4. The number of carbonyl (C=O) groups excluding carboxylic acids is 1. The van der Waals surface area contributed by atoms with Crippen LogP contribution < -0.4 is 15.4 Å². The van der Waals surface area contributed by atoms with Crippen LogP contribution in [-0.4, -0.2) is 22.7 Å². The number of aliphatic carboxylic acids is 1. The maximum absolute atomic E-state index is 12.2. The first-order valence-electron chi connectivity index (χ1n) is 7.23. The van der Waals surface area contributed by atoms with E-state index < -0.39 is 17.6 Å². The van der Waals surface area contributed by atoms with E-state index in [1.807, 2.05) is 0 Å². The van der Waals surface area contributed by atoms with Gasteiger partial charge in [-0.05, 0) is 44.2 Å². The van der Waals surface area contributed by atoms with Gasteiger partial charge < -0.3 is 20.5 Å². The fourth-order valence-corrected chi connectivity index (χ4v) is 2.41. The Labute approximate surface area is 154 Å². The fourth-order valence-electron chi connectivity index (χ4n) is 1.89. The minimum atomic E-state index is -1.45. The van der Waals surface area contributed by atoms with Gasteiger partial charge in [-0.3, -0.25) is 0 Å². The Balaban J connectivity index is 2.14. The molecule has 0 heterocycles. The molecule has 2 aromatic rings. The molecule has 3 N–H and O–H groups in total. The summed E-state index contributed by atoms with van der Waals surface area (Å²) in [5.41, 5.74) is -0.712. The van der Waals surface area contributed by atoms with Crippen molar-refractivity contribution in [2.24, 2.45) is 0 Å². The second kappa shape index (κ2) is 7.63. The minimum Gasteiger partial charge on any atom is -0.478 e. The van der Waals surface area contributed by atoms with Gasteiger partial charge in [0.1, 0.15) is 5.75 Å². The van der Waals surface area contributed by atoms with E-state index >= 15 is 0 Å². The van der Waals surface area contributed by atoms with Crippen molar-refractivity contribution in [2.45, 2.75) is 19.4 Å². The number of carboxylic acid groups (broad SMARTS) is 1. The van der Waals surface area contributed by atoms with Crippen LogP contribution in [0.15, 0.2) is 42.5 Å². The molecule has 0 aliphatic rings. The Morgan fingerprint density at radius 2 is 1.64 bits per heavy atom. The molecule has 0 unspecified atom stereocenters. The van der Waals surface area contributed by atoms with Crippen LogP contribution in [0.1, 0.15) is 13.8 Å². The van der Waals surface area contributed by atoms with E-state index in [9.17, 15) is 14.7 Å². The lowest BCUT2D eigenvalue weighted by Crippen LogP contribution is -2.38. The number of carbonyl (C=O) groups is 2. The highest BCUT2D eigenvalue weighted by Crippen LogP contribution is 2.28. The number of urea groups is 1. The summed E-state index contributed by atoms with van der Waals surface area (Å²) in [5, 5.41) is 15.1. The molecular weight excluding hydrogens is 367 g/mol. The molecule has 0 aliphatic heterocycles. The second-order valence-corrected chi connectivity index (χ2v) is 6.52. The van der Waals surface area contributed by atoms with E-state index in [4.69, 9.17) is 27.9 Å². The maximum atomic E-state index is 12.2. The lowest BCUT2D eigenvalue weighted by Gasteiger charge is -2.23. The van der Waals surface area contributed by atoms with Gasteiger partial charge in [0, 0.05) is 15.7 Å². The molecule has 132 valence electrons. The first-order valence-corrected chi connectivity index (χ1v) is 7.98. The average Bonchev–Trinajstić information content (AvgIpc) is 2.47. The lowest BCUT2D eigenvalue weighted by molar-refractivity contribution is -0.152. The zero-order valence-corrected chi connectivity index (χ0v) is 15.0. The van der Waals surface area contributed by atoms with Crippen LogP contribution in [0, 0.1) is 0 Å². The van der Waals surface area contributed by atoms with Gasteiger partial charge in [-0.15, -0.1) is 0 Å². The predicted octanol–water partition coefficient (Wildman–Crippen LogP) is 4.88. The summed E-state index contributed by atoms with van der Waals surface area (Å²) in [7, 11) is 0. The van der Waals surface area contributed by atoms with Crippen LogP contribution >= 0.6 is 23.2 Å². The lowest BCUT2D eigenvalue weighted by atomic mass is 10.1. The number of anilines is 2. The van der Waals surface area contributed by atoms with Crippen LogP contribution in [0.2, 0.25) is 10.0 Å². The number of hydrogen-bond donors (Lipinski definition) is 3. The number of rotatable bonds is 5. The standard InChI is InChI=1S/C17H16Cl2N2O4/c1-17(2,15(22)23)25-14-6-4-3-5-13(14)21-16(24)20-12-8-10(18)7-11(19)9-12/h3-9H,1-2H3,(H,22,23)(H2,20,21,24). The largest absolute Gasteiger partial charge is 0.478 e. The number of carboxylic acids is 1. The fraction of sp³-hybridized carbons (Fsp3) is 0.176. The van der Waals surface area contributed by atoms with Crippen molar-refractivity contribution in [2.75, 3.05) is 10.6 Å². The zero-order chi connectivity index (χ0) is 18.6. The van der Waals surface area contributed by atoms with E-state index in [0.717, 1.165) is 0 Å². The first kappa shape index (κ1) is 18.9. The smallest absolute Gasteiger partial charge is 0.347 e. The van der Waals surface area contributed by atoms with E-state index in [0.29, 0.717) is 21.4 Å². The number of amides is 2. The molecule has 0 fully saturated rings. The van der Waals surface area contributed by atoms with Crippen LogP contribution in [0.3, 0.4) is 0 Å². The molecular formula is C17H16Cl2N2O4. The zero-order valence-electron chi connectivity index (χ0n) is 13.5. The van der Waals surface area contributed by atoms with E-state index in [2.05, 4.69) is 10.6 Å². The van der Waals surface area contributed by atoms with E-state index in [-0.39, 0.29) is 5.75 Å². The van der Waals surface area contributed by atoms with Gasteiger partial charge in [0.15, 0.2) is 5.60 Å². The third kappa shape index (κ3) is 5.27. The topological polar surface area (TPSA) is 87.7 Å². The van der Waals surface area contributed by atoms with Crippen LogP contribution in [0.25, 0.3) is 0 Å². The molecule has 2 aromatic carbocycles. The summed E-state index contributed by atoms with van der Waals surface area (Å²) in [6.07, 6.45) is 0. The highest BCUT2D eigenvalue weighted by atomic mass is 35.5. The van der Waals surface area contributed by atoms with Gasteiger partial charge in [-0.1, -0.05) is 35.3 Å². The van der Waals surface area contributed by atoms with E-state index in [1.54, 1.807) is 42.5 Å². The summed E-state index contributed by atoms with van der Waals surface area (Å²) in [5.74, 6) is -0.894. The summed E-state index contributed by atoms with van der Waals surface area (Å²) < 4.78 is 5.50. The Morgan fingerprint density at radius 1 is 1.04 bits per heavy atom. The molecule has 0 saturated carbocycles. The predicted molar refractivity (Wildman–Crippen MR) is 97.9 cm³/mol. The monoisotopic (exact) mass is 382 g/mol. The molecule has 0 atom stereocenters. The van der Waals surface area contributed by atoms with Gasteiger partial charge in [-0.25, -0.2) is 9.59 Å². The van der Waals surface area contributed by atoms with E-state index in [1.165, 1.54) is 13.8 Å². The Morgan fingerprint density at radius 3 is 2.24 bits per heavy atom. The number of halogens is 2. The van der Waals surface area contributed by atoms with Crippen molar-refractivity contribution in [1.82, 2.24) is 0 Å². The minimum absolute atomic E-state index is 0.231. The quantitative estimate of drug-likeness (QED) is 0.687. The summed E-state index contributed by atoms with van der Waals surface area (Å²) in [6.45, 7) is 2.83. The number of benzene rings is 2. The van der Waals surface area contributed by atoms with Gasteiger partial charge >= 0.3 is 12.0 Å². The molecule has 8 heteroatoms. The summed E-state index contributed by atoms with van der Waals surface area (Å²) in [6, 6.07) is 10.6. The third-order valence-corrected chi connectivity index (χ3v) is 3.57. The Bertz CT molecular complexity index is 789. The molecule has 6 nitrogen and oxygen atoms in total. The molecule has 0 saturated heterocycles. The highest BCUT2D eigenvalue weighted by molar-refractivity contribution is 6.35. The van der Waals surface area contributed by atoms with Crippen molar-refractivity contribution >= 4 is 46.6 Å². The molecule has 25 heavy (non-hydrogen) atoms. The van der Waals surface area contributed by atoms with Crippen molar-refractivity contribution in [3.63, 3.8) is 0 Å². The van der Waals surface area contributed by atoms with Gasteiger partial charge in [0.2, 0.25) is 0 Å². The molecule has 0 aliphatic carbocycles.